The van der Waals surface area contributed by atoms with Crippen molar-refractivity contribution in [2.75, 3.05) is 26.2 Å². The summed E-state index contributed by atoms with van der Waals surface area (Å²) in [6.45, 7) is 5.13. The summed E-state index contributed by atoms with van der Waals surface area (Å²) in [5, 5.41) is 7.81. The SMILES string of the molecule is c1cc(CN2CCO[C@@H]3CNC[C@@H]32)cs1. The average Bonchev–Trinajstić information content (AvgIpc) is 2.87. The number of thiophene rings is 1. The molecule has 2 saturated heterocycles. The fraction of sp³-hybridized carbons (Fsp3) is 0.636. The molecule has 15 heavy (non-hydrogen) atoms. The quantitative estimate of drug-likeness (QED) is 0.808. The Morgan fingerprint density at radius 2 is 2.53 bits per heavy atom. The molecule has 0 amide bonds. The van der Waals surface area contributed by atoms with Crippen LogP contribution in [0.5, 0.6) is 0 Å². The molecule has 0 bridgehead atoms. The normalized spacial score (nSPS) is 31.7. The van der Waals surface area contributed by atoms with Gasteiger partial charge in [-0.15, -0.1) is 0 Å². The van der Waals surface area contributed by atoms with Crippen LogP contribution in [0, 0.1) is 0 Å². The third-order valence-corrected chi connectivity index (χ3v) is 4.01. The third-order valence-electron chi connectivity index (χ3n) is 3.27. The summed E-state index contributed by atoms with van der Waals surface area (Å²) in [5.41, 5.74) is 1.44. The van der Waals surface area contributed by atoms with Gasteiger partial charge in [0, 0.05) is 32.2 Å². The number of nitrogens with zero attached hydrogens (tertiary/aromatic N) is 1. The van der Waals surface area contributed by atoms with Crippen LogP contribution in [0.1, 0.15) is 5.56 Å². The molecule has 82 valence electrons. The first-order valence-electron chi connectivity index (χ1n) is 5.51. The lowest BCUT2D eigenvalue weighted by Crippen LogP contribution is -2.50. The summed E-state index contributed by atoms with van der Waals surface area (Å²) in [4.78, 5) is 2.55. The molecule has 3 heterocycles. The lowest BCUT2D eigenvalue weighted by atomic mass is 10.1. The number of nitrogens with one attached hydrogen (secondary N) is 1. The lowest BCUT2D eigenvalue weighted by Gasteiger charge is -2.36. The molecule has 1 N–H and O–H groups in total. The standard InChI is InChI=1S/C11H16N2OS/c1-4-15-8-9(1)7-13-2-3-14-11-6-12-5-10(11)13/h1,4,8,10-12H,2-3,5-7H2/t10-,11+/m0/s1. The highest BCUT2D eigenvalue weighted by molar-refractivity contribution is 7.07. The van der Waals surface area contributed by atoms with Gasteiger partial charge in [-0.2, -0.15) is 11.3 Å². The van der Waals surface area contributed by atoms with Crippen molar-refractivity contribution in [2.45, 2.75) is 18.7 Å². The molecular formula is C11H16N2OS. The van der Waals surface area contributed by atoms with Gasteiger partial charge in [0.25, 0.3) is 0 Å². The first-order chi connectivity index (χ1) is 7.43. The minimum absolute atomic E-state index is 0.414. The second-order valence-electron chi connectivity index (χ2n) is 4.24. The maximum Gasteiger partial charge on any atom is 0.0867 e. The number of hydrogen-bond donors (Lipinski definition) is 1. The molecule has 0 spiro atoms. The molecule has 4 heteroatoms. The minimum Gasteiger partial charge on any atom is -0.374 e. The van der Waals surface area contributed by atoms with Crippen molar-refractivity contribution >= 4 is 11.3 Å². The van der Waals surface area contributed by atoms with E-state index in [-0.39, 0.29) is 0 Å². The molecule has 0 radical (unpaired) electrons. The summed E-state index contributed by atoms with van der Waals surface area (Å²) in [7, 11) is 0. The van der Waals surface area contributed by atoms with Crippen LogP contribution >= 0.6 is 11.3 Å². The smallest absolute Gasteiger partial charge is 0.0867 e. The molecule has 0 aromatic carbocycles. The van der Waals surface area contributed by atoms with E-state index in [4.69, 9.17) is 4.74 Å². The van der Waals surface area contributed by atoms with Crippen molar-refractivity contribution in [2.24, 2.45) is 0 Å². The van der Waals surface area contributed by atoms with E-state index in [0.29, 0.717) is 12.1 Å². The third kappa shape index (κ3) is 1.95. The van der Waals surface area contributed by atoms with Gasteiger partial charge in [0.2, 0.25) is 0 Å². The highest BCUT2D eigenvalue weighted by Gasteiger charge is 2.35. The topological polar surface area (TPSA) is 24.5 Å². The first-order valence-corrected chi connectivity index (χ1v) is 6.45. The van der Waals surface area contributed by atoms with Crippen LogP contribution in [-0.4, -0.2) is 43.3 Å². The fourth-order valence-corrected chi connectivity index (χ4v) is 3.14. The summed E-state index contributed by atoms with van der Waals surface area (Å²) < 4.78 is 5.75. The molecule has 3 nitrogen and oxygen atoms in total. The van der Waals surface area contributed by atoms with Crippen LogP contribution in [0.15, 0.2) is 16.8 Å². The molecule has 2 aliphatic rings. The molecule has 0 aliphatic carbocycles. The molecule has 3 rings (SSSR count). The number of rotatable bonds is 2. The largest absolute Gasteiger partial charge is 0.374 e. The van der Waals surface area contributed by atoms with Crippen molar-refractivity contribution in [3.8, 4) is 0 Å². The monoisotopic (exact) mass is 224 g/mol. The van der Waals surface area contributed by atoms with Crippen LogP contribution in [0.4, 0.5) is 0 Å². The predicted octanol–water partition coefficient (Wildman–Crippen LogP) is 0.921. The summed E-state index contributed by atoms with van der Waals surface area (Å²) in [5.74, 6) is 0. The number of hydrogen-bond acceptors (Lipinski definition) is 4. The second kappa shape index (κ2) is 4.22. The Balaban J connectivity index is 1.69. The predicted molar refractivity (Wildman–Crippen MR) is 61.1 cm³/mol. The van der Waals surface area contributed by atoms with Gasteiger partial charge < -0.3 is 10.1 Å². The van der Waals surface area contributed by atoms with E-state index >= 15 is 0 Å². The Kier molecular flexibility index (Phi) is 2.75. The molecule has 1 aromatic heterocycles. The van der Waals surface area contributed by atoms with Crippen LogP contribution in [-0.2, 0) is 11.3 Å². The van der Waals surface area contributed by atoms with Crippen molar-refractivity contribution in [1.29, 1.82) is 0 Å². The Bertz CT molecular complexity index is 314. The van der Waals surface area contributed by atoms with E-state index in [1.54, 1.807) is 11.3 Å². The van der Waals surface area contributed by atoms with Crippen LogP contribution in [0.2, 0.25) is 0 Å². The van der Waals surface area contributed by atoms with Gasteiger partial charge in [0.05, 0.1) is 12.7 Å². The van der Waals surface area contributed by atoms with E-state index in [1.807, 2.05) is 0 Å². The minimum atomic E-state index is 0.414. The van der Waals surface area contributed by atoms with Crippen molar-refractivity contribution in [3.63, 3.8) is 0 Å². The van der Waals surface area contributed by atoms with E-state index < -0.39 is 0 Å². The van der Waals surface area contributed by atoms with Crippen molar-refractivity contribution < 1.29 is 4.74 Å². The molecule has 0 saturated carbocycles. The molecule has 2 aliphatic heterocycles. The fourth-order valence-electron chi connectivity index (χ4n) is 2.48. The van der Waals surface area contributed by atoms with E-state index in [9.17, 15) is 0 Å². The molecular weight excluding hydrogens is 208 g/mol. The highest BCUT2D eigenvalue weighted by atomic mass is 32.1. The maximum atomic E-state index is 5.75. The number of ether oxygens (including phenoxy) is 1. The summed E-state index contributed by atoms with van der Waals surface area (Å²) in [6, 6.07) is 2.80. The molecule has 0 unspecified atom stereocenters. The highest BCUT2D eigenvalue weighted by Crippen LogP contribution is 2.20. The maximum absolute atomic E-state index is 5.75. The lowest BCUT2D eigenvalue weighted by molar-refractivity contribution is -0.0500. The summed E-state index contributed by atoms with van der Waals surface area (Å²) in [6.07, 6.45) is 0.414. The van der Waals surface area contributed by atoms with Crippen molar-refractivity contribution in [1.82, 2.24) is 10.2 Å². The number of fused-ring (bicyclic) bond motifs is 1. The average molecular weight is 224 g/mol. The van der Waals surface area contributed by atoms with Gasteiger partial charge in [-0.05, 0) is 22.4 Å². The van der Waals surface area contributed by atoms with Crippen molar-refractivity contribution in [3.05, 3.63) is 22.4 Å². The van der Waals surface area contributed by atoms with Gasteiger partial charge in [-0.25, -0.2) is 0 Å². The first kappa shape index (κ1) is 9.78. The van der Waals surface area contributed by atoms with Gasteiger partial charge in [-0.3, -0.25) is 4.90 Å². The zero-order chi connectivity index (χ0) is 10.1. The van der Waals surface area contributed by atoms with E-state index in [1.165, 1.54) is 5.56 Å². The van der Waals surface area contributed by atoms with Crippen LogP contribution in [0.25, 0.3) is 0 Å². The zero-order valence-electron chi connectivity index (χ0n) is 8.69. The van der Waals surface area contributed by atoms with Gasteiger partial charge in [0.15, 0.2) is 0 Å². The number of morpholine rings is 1. The van der Waals surface area contributed by atoms with Crippen LogP contribution < -0.4 is 5.32 Å². The van der Waals surface area contributed by atoms with E-state index in [2.05, 4.69) is 27.0 Å². The molecule has 2 atom stereocenters. The van der Waals surface area contributed by atoms with Gasteiger partial charge in [0.1, 0.15) is 0 Å². The zero-order valence-corrected chi connectivity index (χ0v) is 9.50. The second-order valence-corrected chi connectivity index (χ2v) is 5.02. The Labute approximate surface area is 94.0 Å². The Morgan fingerprint density at radius 1 is 1.53 bits per heavy atom. The summed E-state index contributed by atoms with van der Waals surface area (Å²) >= 11 is 1.78. The van der Waals surface area contributed by atoms with Gasteiger partial charge >= 0.3 is 0 Å². The van der Waals surface area contributed by atoms with Gasteiger partial charge in [-0.1, -0.05) is 0 Å². The molecule has 1 aromatic rings. The molecule has 2 fully saturated rings. The Hall–Kier alpha value is -0.420. The Morgan fingerprint density at radius 3 is 3.40 bits per heavy atom. The van der Waals surface area contributed by atoms with E-state index in [0.717, 1.165) is 32.8 Å². The van der Waals surface area contributed by atoms with Crippen LogP contribution in [0.3, 0.4) is 0 Å².